The molecule has 1 aromatic rings. The highest BCUT2D eigenvalue weighted by atomic mass is 32.2. The molecule has 0 radical (unpaired) electrons. The Bertz CT molecular complexity index is 806. The standard InChI is InChI=1S/C17H18N2O7S/c1-3-25-16(21)9-15-18(14(20)10-27-15)6-7-26-17(22)12-4-5-13(19(23)24)11(2)8-12/h4-5,8-9H,3,6-7,10H2,1-2H3/b15-9-. The molecule has 1 heterocycles. The number of ether oxygens (including phenoxy) is 2. The Labute approximate surface area is 159 Å². The molecule has 1 aromatic carbocycles. The van der Waals surface area contributed by atoms with E-state index in [1.54, 1.807) is 6.92 Å². The summed E-state index contributed by atoms with van der Waals surface area (Å²) in [4.78, 5) is 47.2. The van der Waals surface area contributed by atoms with Gasteiger partial charge in [-0.2, -0.15) is 0 Å². The van der Waals surface area contributed by atoms with Crippen LogP contribution < -0.4 is 0 Å². The molecule has 0 atom stereocenters. The van der Waals surface area contributed by atoms with E-state index >= 15 is 0 Å². The summed E-state index contributed by atoms with van der Waals surface area (Å²) in [6.45, 7) is 3.45. The van der Waals surface area contributed by atoms with Gasteiger partial charge in [0, 0.05) is 11.6 Å². The van der Waals surface area contributed by atoms with Crippen molar-refractivity contribution in [2.45, 2.75) is 13.8 Å². The first-order valence-electron chi connectivity index (χ1n) is 8.07. The number of carbonyl (C=O) groups excluding carboxylic acids is 3. The van der Waals surface area contributed by atoms with Crippen LogP contribution in [0.2, 0.25) is 0 Å². The SMILES string of the molecule is CCOC(=O)/C=C1\SCC(=O)N1CCOC(=O)c1ccc([N+](=O)[O-])c(C)c1. The van der Waals surface area contributed by atoms with Crippen molar-refractivity contribution in [1.82, 2.24) is 4.90 Å². The van der Waals surface area contributed by atoms with Crippen molar-refractivity contribution >= 4 is 35.3 Å². The smallest absolute Gasteiger partial charge is 0.338 e. The third-order valence-corrected chi connectivity index (χ3v) is 4.64. The molecular weight excluding hydrogens is 376 g/mol. The third-order valence-electron chi connectivity index (χ3n) is 3.62. The fraction of sp³-hybridized carbons (Fsp3) is 0.353. The maximum absolute atomic E-state index is 12.1. The van der Waals surface area contributed by atoms with Crippen LogP contribution in [0.5, 0.6) is 0 Å². The number of carbonyl (C=O) groups is 3. The molecule has 1 aliphatic rings. The van der Waals surface area contributed by atoms with Gasteiger partial charge in [-0.3, -0.25) is 14.9 Å². The molecular formula is C17H18N2O7S. The molecule has 0 N–H and O–H groups in total. The zero-order valence-corrected chi connectivity index (χ0v) is 15.6. The number of nitro benzene ring substituents is 1. The zero-order chi connectivity index (χ0) is 20.0. The molecule has 2 rings (SSSR count). The van der Waals surface area contributed by atoms with Crippen LogP contribution in [0.4, 0.5) is 5.69 Å². The van der Waals surface area contributed by atoms with Crippen LogP contribution in [0, 0.1) is 17.0 Å². The minimum Gasteiger partial charge on any atom is -0.463 e. The van der Waals surface area contributed by atoms with E-state index in [2.05, 4.69) is 0 Å². The molecule has 10 heteroatoms. The molecule has 144 valence electrons. The second-order valence-electron chi connectivity index (χ2n) is 5.46. The second-order valence-corrected chi connectivity index (χ2v) is 6.46. The van der Waals surface area contributed by atoms with Crippen molar-refractivity contribution in [1.29, 1.82) is 0 Å². The summed E-state index contributed by atoms with van der Waals surface area (Å²) < 4.78 is 9.96. The lowest BCUT2D eigenvalue weighted by Crippen LogP contribution is -2.29. The number of hydrogen-bond donors (Lipinski definition) is 0. The second kappa shape index (κ2) is 9.17. The van der Waals surface area contributed by atoms with E-state index in [1.165, 1.54) is 47.9 Å². The van der Waals surface area contributed by atoms with Gasteiger partial charge in [0.15, 0.2) is 0 Å². The summed E-state index contributed by atoms with van der Waals surface area (Å²) >= 11 is 1.21. The fourth-order valence-corrected chi connectivity index (χ4v) is 3.31. The first-order valence-corrected chi connectivity index (χ1v) is 9.05. The Kier molecular flexibility index (Phi) is 6.94. The van der Waals surface area contributed by atoms with E-state index in [0.29, 0.717) is 10.6 Å². The third kappa shape index (κ3) is 5.30. The van der Waals surface area contributed by atoms with Gasteiger partial charge in [-0.05, 0) is 26.0 Å². The first-order chi connectivity index (χ1) is 12.8. The molecule has 0 aliphatic carbocycles. The molecule has 0 bridgehead atoms. The van der Waals surface area contributed by atoms with E-state index in [4.69, 9.17) is 9.47 Å². The van der Waals surface area contributed by atoms with Crippen molar-refractivity contribution < 1.29 is 28.8 Å². The topological polar surface area (TPSA) is 116 Å². The monoisotopic (exact) mass is 394 g/mol. The molecule has 1 fully saturated rings. The van der Waals surface area contributed by atoms with Crippen LogP contribution in [0.3, 0.4) is 0 Å². The summed E-state index contributed by atoms with van der Waals surface area (Å²) in [5.41, 5.74) is 0.447. The number of amides is 1. The molecule has 1 aliphatic heterocycles. The Morgan fingerprint density at radius 2 is 2.11 bits per heavy atom. The molecule has 9 nitrogen and oxygen atoms in total. The Morgan fingerprint density at radius 3 is 2.74 bits per heavy atom. The summed E-state index contributed by atoms with van der Waals surface area (Å²) in [5, 5.41) is 11.3. The first kappa shape index (κ1) is 20.4. The Balaban J connectivity index is 1.95. The van der Waals surface area contributed by atoms with Gasteiger partial charge in [0.1, 0.15) is 6.61 Å². The van der Waals surface area contributed by atoms with Crippen LogP contribution in [0.25, 0.3) is 0 Å². The zero-order valence-electron chi connectivity index (χ0n) is 14.8. The molecule has 0 unspecified atom stereocenters. The highest BCUT2D eigenvalue weighted by molar-refractivity contribution is 8.04. The van der Waals surface area contributed by atoms with Gasteiger partial charge in [-0.25, -0.2) is 9.59 Å². The lowest BCUT2D eigenvalue weighted by Gasteiger charge is -2.16. The van der Waals surface area contributed by atoms with Gasteiger partial charge in [0.25, 0.3) is 5.69 Å². The number of nitrogens with zero attached hydrogens (tertiary/aromatic N) is 2. The quantitative estimate of drug-likeness (QED) is 0.299. The van der Waals surface area contributed by atoms with Gasteiger partial charge in [-0.1, -0.05) is 11.8 Å². The lowest BCUT2D eigenvalue weighted by atomic mass is 10.1. The number of rotatable bonds is 7. The van der Waals surface area contributed by atoms with Crippen LogP contribution in [-0.2, 0) is 19.1 Å². The molecule has 0 saturated carbocycles. The number of nitro groups is 1. The Hall–Kier alpha value is -2.88. The number of thioether (sulfide) groups is 1. The molecule has 1 saturated heterocycles. The summed E-state index contributed by atoms with van der Waals surface area (Å²) in [5.74, 6) is -1.19. The molecule has 1 amide bonds. The maximum atomic E-state index is 12.1. The minimum absolute atomic E-state index is 0.0820. The van der Waals surface area contributed by atoms with E-state index in [1.807, 2.05) is 0 Å². The van der Waals surface area contributed by atoms with Crippen LogP contribution in [0.15, 0.2) is 29.3 Å². The number of esters is 2. The maximum Gasteiger partial charge on any atom is 0.338 e. The van der Waals surface area contributed by atoms with Crippen molar-refractivity contribution in [3.63, 3.8) is 0 Å². The average Bonchev–Trinajstić information content (AvgIpc) is 2.94. The summed E-state index contributed by atoms with van der Waals surface area (Å²) in [6.07, 6.45) is 1.24. The predicted molar refractivity (Wildman–Crippen MR) is 97.0 cm³/mol. The van der Waals surface area contributed by atoms with Gasteiger partial charge in [-0.15, -0.1) is 0 Å². The number of benzene rings is 1. The molecule has 0 aromatic heterocycles. The Morgan fingerprint density at radius 1 is 1.37 bits per heavy atom. The van der Waals surface area contributed by atoms with E-state index < -0.39 is 16.9 Å². The summed E-state index contributed by atoms with van der Waals surface area (Å²) in [7, 11) is 0. The van der Waals surface area contributed by atoms with Gasteiger partial charge >= 0.3 is 11.9 Å². The normalized spacial score (nSPS) is 15.1. The van der Waals surface area contributed by atoms with Crippen LogP contribution in [-0.4, -0.2) is 53.2 Å². The number of aryl methyl sites for hydroxylation is 1. The van der Waals surface area contributed by atoms with E-state index in [-0.39, 0.29) is 42.7 Å². The lowest BCUT2D eigenvalue weighted by molar-refractivity contribution is -0.385. The number of hydrogen-bond acceptors (Lipinski definition) is 8. The fourth-order valence-electron chi connectivity index (χ4n) is 2.35. The van der Waals surface area contributed by atoms with Crippen LogP contribution >= 0.6 is 11.8 Å². The molecule has 0 spiro atoms. The highest BCUT2D eigenvalue weighted by Crippen LogP contribution is 2.28. The van der Waals surface area contributed by atoms with Crippen LogP contribution in [0.1, 0.15) is 22.8 Å². The highest BCUT2D eigenvalue weighted by Gasteiger charge is 2.27. The van der Waals surface area contributed by atoms with Gasteiger partial charge < -0.3 is 14.4 Å². The van der Waals surface area contributed by atoms with E-state index in [0.717, 1.165) is 0 Å². The van der Waals surface area contributed by atoms with Crippen molar-refractivity contribution in [2.75, 3.05) is 25.5 Å². The van der Waals surface area contributed by atoms with Crippen molar-refractivity contribution in [3.8, 4) is 0 Å². The van der Waals surface area contributed by atoms with Gasteiger partial charge in [0.05, 0.1) is 40.5 Å². The largest absolute Gasteiger partial charge is 0.463 e. The van der Waals surface area contributed by atoms with E-state index in [9.17, 15) is 24.5 Å². The molecule has 27 heavy (non-hydrogen) atoms. The van der Waals surface area contributed by atoms with Crippen molar-refractivity contribution in [3.05, 3.63) is 50.5 Å². The van der Waals surface area contributed by atoms with Gasteiger partial charge in [0.2, 0.25) is 5.91 Å². The summed E-state index contributed by atoms with van der Waals surface area (Å²) in [6, 6.07) is 3.94. The predicted octanol–water partition coefficient (Wildman–Crippen LogP) is 2.04. The minimum atomic E-state index is -0.650. The average molecular weight is 394 g/mol. The van der Waals surface area contributed by atoms with Crippen molar-refractivity contribution in [2.24, 2.45) is 0 Å².